The lowest BCUT2D eigenvalue weighted by molar-refractivity contribution is -0.551. The summed E-state index contributed by atoms with van der Waals surface area (Å²) in [6.45, 7) is 0. The number of halogens is 3. The Morgan fingerprint density at radius 1 is 1.33 bits per heavy atom. The van der Waals surface area contributed by atoms with Crippen molar-refractivity contribution < 1.29 is 32.0 Å². The number of fused-ring (bicyclic) bond motifs is 1. The summed E-state index contributed by atoms with van der Waals surface area (Å²) in [7, 11) is 1.21. The third kappa shape index (κ3) is 3.18. The summed E-state index contributed by atoms with van der Waals surface area (Å²) in [5, 5.41) is 11.8. The number of alkyl halides is 3. The van der Waals surface area contributed by atoms with Gasteiger partial charge in [-0.15, -0.1) is 4.24 Å². The molecule has 0 saturated heterocycles. The second-order valence-corrected chi connectivity index (χ2v) is 5.79. The first kappa shape index (κ1) is 16.6. The van der Waals surface area contributed by atoms with Crippen LogP contribution in [0.25, 0.3) is 5.95 Å². The van der Waals surface area contributed by atoms with Gasteiger partial charge in [-0.2, -0.15) is 13.2 Å². The van der Waals surface area contributed by atoms with Gasteiger partial charge in [0, 0.05) is 17.4 Å². The first-order valence-corrected chi connectivity index (χ1v) is 7.74. The van der Waals surface area contributed by atoms with E-state index in [9.17, 15) is 18.3 Å². The molecule has 2 heterocycles. The Bertz CT molecular complexity index is 781. The second kappa shape index (κ2) is 6.33. The molecule has 0 unspecified atom stereocenters. The highest BCUT2D eigenvalue weighted by molar-refractivity contribution is 5.92. The maximum absolute atomic E-state index is 13.2. The molecule has 130 valence electrons. The first-order valence-electron chi connectivity index (χ1n) is 7.74. The molecule has 0 radical (unpaired) electrons. The molecule has 1 fully saturated rings. The minimum absolute atomic E-state index is 0.0587. The maximum atomic E-state index is 13.2. The number of nitrogens with zero attached hydrogens (tertiary/aromatic N) is 2. The predicted octanol–water partition coefficient (Wildman–Crippen LogP) is 1.06. The summed E-state index contributed by atoms with van der Waals surface area (Å²) in [5.74, 6) is -1.89. The zero-order valence-electron chi connectivity index (χ0n) is 13.1. The zero-order valence-corrected chi connectivity index (χ0v) is 13.1. The van der Waals surface area contributed by atoms with Crippen LogP contribution in [-0.2, 0) is 9.47 Å². The van der Waals surface area contributed by atoms with Crippen LogP contribution in [0.5, 0.6) is 0 Å². The van der Waals surface area contributed by atoms with Gasteiger partial charge in [0.15, 0.2) is 6.20 Å². The van der Waals surface area contributed by atoms with Gasteiger partial charge < -0.3 is 14.6 Å². The van der Waals surface area contributed by atoms with Crippen LogP contribution in [0.2, 0.25) is 0 Å². The highest BCUT2D eigenvalue weighted by Crippen LogP contribution is 2.27. The van der Waals surface area contributed by atoms with Crippen LogP contribution >= 0.6 is 0 Å². The molecule has 0 spiro atoms. The number of rotatable bonds is 2. The van der Waals surface area contributed by atoms with E-state index in [2.05, 4.69) is 9.73 Å². The molecule has 0 N–H and O–H groups in total. The summed E-state index contributed by atoms with van der Waals surface area (Å²) in [5.41, 5.74) is 0.107. The number of hydrogen-bond donors (Lipinski definition) is 0. The van der Waals surface area contributed by atoms with Crippen LogP contribution < -0.4 is 14.6 Å². The van der Waals surface area contributed by atoms with Gasteiger partial charge >= 0.3 is 12.1 Å². The van der Waals surface area contributed by atoms with E-state index in [-0.39, 0.29) is 22.9 Å². The average Bonchev–Trinajstić information content (AvgIpc) is 2.93. The van der Waals surface area contributed by atoms with Gasteiger partial charge in [-0.1, -0.05) is 19.3 Å². The Kier molecular flexibility index (Phi) is 4.38. The number of hydrogen-bond acceptors (Lipinski definition) is 4. The van der Waals surface area contributed by atoms with Crippen molar-refractivity contribution in [1.29, 1.82) is 0 Å². The van der Waals surface area contributed by atoms with E-state index in [4.69, 9.17) is 4.74 Å². The average molecular weight is 342 g/mol. The molecule has 1 saturated carbocycles. The number of methoxy groups -OCH3 is 1. The standard InChI is InChI=1S/C16H17F3N2O3/c1-23-14(22)10-7-8-21-12(9-10)13(24-15(21)16(17,18)19)20-11-5-3-2-4-6-11/h7-9,11H,2-6H2,1H3. The third-order valence-corrected chi connectivity index (χ3v) is 4.12. The number of aliphatic imine (C=N–C) groups is 1. The van der Waals surface area contributed by atoms with Crippen molar-refractivity contribution in [3.8, 4) is 0 Å². The van der Waals surface area contributed by atoms with Crippen LogP contribution in [0, 0.1) is 5.90 Å². The summed E-state index contributed by atoms with van der Waals surface area (Å²) in [6.07, 6.45) is 1.25. The van der Waals surface area contributed by atoms with E-state index in [0.717, 1.165) is 42.5 Å². The fourth-order valence-corrected chi connectivity index (χ4v) is 2.94. The van der Waals surface area contributed by atoms with Crippen molar-refractivity contribution in [2.45, 2.75) is 44.3 Å². The molecule has 24 heavy (non-hydrogen) atoms. The van der Waals surface area contributed by atoms with Gasteiger partial charge in [-0.05, 0) is 20.0 Å². The van der Waals surface area contributed by atoms with Crippen LogP contribution in [-0.4, -0.2) is 25.2 Å². The highest BCUT2D eigenvalue weighted by Gasteiger charge is 2.51. The van der Waals surface area contributed by atoms with Crippen molar-refractivity contribution >= 4 is 11.8 Å². The fraction of sp³-hybridized carbons (Fsp3) is 0.500. The third-order valence-electron chi connectivity index (χ3n) is 4.12. The molecule has 0 bridgehead atoms. The zero-order chi connectivity index (χ0) is 17.3. The molecule has 1 aliphatic carbocycles. The van der Waals surface area contributed by atoms with Gasteiger partial charge in [0.1, 0.15) is 0 Å². The molecule has 1 aromatic heterocycles. The Morgan fingerprint density at radius 3 is 2.67 bits per heavy atom. The van der Waals surface area contributed by atoms with E-state index in [0.29, 0.717) is 0 Å². The van der Waals surface area contributed by atoms with E-state index < -0.39 is 18.0 Å². The largest absolute Gasteiger partial charge is 0.616 e. The van der Waals surface area contributed by atoms with Crippen LogP contribution in [0.3, 0.4) is 0 Å². The minimum Gasteiger partial charge on any atom is -0.616 e. The molecule has 1 aliphatic heterocycles. The molecular formula is C16H17F3N2O3. The number of ether oxygens (including phenoxy) is 2. The fourth-order valence-electron chi connectivity index (χ4n) is 2.94. The van der Waals surface area contributed by atoms with Gasteiger partial charge in [-0.25, -0.2) is 4.99 Å². The van der Waals surface area contributed by atoms with E-state index in [1.807, 2.05) is 0 Å². The number of aromatic nitrogens is 1. The summed E-state index contributed by atoms with van der Waals surface area (Å²) in [4.78, 5) is 4.37. The van der Waals surface area contributed by atoms with Gasteiger partial charge in [0.05, 0.1) is 12.0 Å². The summed E-state index contributed by atoms with van der Waals surface area (Å²) in [6, 6.07) is 2.51. The van der Waals surface area contributed by atoms with Crippen molar-refractivity contribution in [2.24, 2.45) is 4.99 Å². The Hall–Kier alpha value is -2.25. The van der Waals surface area contributed by atoms with E-state index >= 15 is 0 Å². The lowest BCUT2D eigenvalue weighted by Crippen LogP contribution is -2.33. The quantitative estimate of drug-likeness (QED) is 0.755. The molecule has 0 atom stereocenters. The Balaban J connectivity index is 2.12. The van der Waals surface area contributed by atoms with E-state index in [1.165, 1.54) is 19.2 Å². The van der Waals surface area contributed by atoms with Crippen molar-refractivity contribution in [1.82, 2.24) is 0 Å². The van der Waals surface area contributed by atoms with Crippen molar-refractivity contribution in [2.75, 3.05) is 7.11 Å². The van der Waals surface area contributed by atoms with Crippen LogP contribution in [0.1, 0.15) is 37.8 Å². The lowest BCUT2D eigenvalue weighted by Gasteiger charge is -2.17. The SMILES string of the molecule is CO/C([O-])=c1/cc[n+]2c(c1)C(=NC1CCCCC1)OC=2C(F)(F)F. The highest BCUT2D eigenvalue weighted by atomic mass is 19.4. The predicted molar refractivity (Wildman–Crippen MR) is 75.9 cm³/mol. The lowest BCUT2D eigenvalue weighted by atomic mass is 9.96. The Morgan fingerprint density at radius 2 is 2.04 bits per heavy atom. The van der Waals surface area contributed by atoms with Gasteiger partial charge in [0.25, 0.3) is 11.6 Å². The molecule has 1 aromatic rings. The van der Waals surface area contributed by atoms with Crippen LogP contribution in [0.15, 0.2) is 23.3 Å². The second-order valence-electron chi connectivity index (χ2n) is 5.79. The monoisotopic (exact) mass is 342 g/mol. The molecule has 0 aromatic carbocycles. The van der Waals surface area contributed by atoms with Crippen molar-refractivity contribution in [3.05, 3.63) is 35.1 Å². The topological polar surface area (TPSA) is 59.8 Å². The maximum Gasteiger partial charge on any atom is 0.518 e. The number of pyridine rings is 1. The van der Waals surface area contributed by atoms with Gasteiger partial charge in [-0.3, -0.25) is 0 Å². The molecule has 5 nitrogen and oxygen atoms in total. The molecule has 2 aliphatic rings. The first-order chi connectivity index (χ1) is 11.4. The summed E-state index contributed by atoms with van der Waals surface area (Å²) < 4.78 is 50.1. The molecule has 3 rings (SSSR count). The smallest absolute Gasteiger partial charge is 0.518 e. The van der Waals surface area contributed by atoms with Crippen LogP contribution in [0.4, 0.5) is 13.2 Å². The van der Waals surface area contributed by atoms with Crippen molar-refractivity contribution in [3.63, 3.8) is 0 Å². The molecular weight excluding hydrogens is 325 g/mol. The minimum atomic E-state index is -4.66. The molecule has 0 amide bonds. The normalized spacial score (nSPS) is 21.5. The summed E-state index contributed by atoms with van der Waals surface area (Å²) >= 11 is 0. The Labute approximate surface area is 136 Å². The molecule has 8 heteroatoms. The van der Waals surface area contributed by atoms with Gasteiger partial charge in [0.2, 0.25) is 0 Å². The van der Waals surface area contributed by atoms with E-state index in [1.54, 1.807) is 0 Å².